The highest BCUT2D eigenvalue weighted by atomic mass is 127. The van der Waals surface area contributed by atoms with Crippen molar-refractivity contribution in [1.82, 2.24) is 20.2 Å². The number of aromatic nitrogens is 2. The van der Waals surface area contributed by atoms with E-state index < -0.39 is 0 Å². The molecule has 0 aliphatic rings. The highest BCUT2D eigenvalue weighted by Gasteiger charge is 2.04. The second-order valence-corrected chi connectivity index (χ2v) is 6.06. The van der Waals surface area contributed by atoms with Crippen LogP contribution in [0.5, 0.6) is 0 Å². The summed E-state index contributed by atoms with van der Waals surface area (Å²) in [4.78, 5) is 20.1. The molecule has 3 N–H and O–H groups in total. The summed E-state index contributed by atoms with van der Waals surface area (Å²) in [5, 5.41) is 10.3. The molecule has 2 aromatic heterocycles. The number of pyridine rings is 1. The molecule has 0 saturated heterocycles. The second-order valence-electron chi connectivity index (χ2n) is 6.06. The number of benzene rings is 1. The van der Waals surface area contributed by atoms with Crippen LogP contribution in [0.4, 0.5) is 5.69 Å². The molecular weight excluding hydrogens is 467 g/mol. The number of hydrogen-bond acceptors (Lipinski definition) is 3. The first-order valence-electron chi connectivity index (χ1n) is 8.94. The van der Waals surface area contributed by atoms with Crippen molar-refractivity contribution in [2.45, 2.75) is 13.0 Å². The molecule has 0 fully saturated rings. The number of hydrogen-bond donors (Lipinski definition) is 3. The molecule has 3 aromatic rings. The minimum absolute atomic E-state index is 0. The second kappa shape index (κ2) is 11.3. The number of anilines is 1. The van der Waals surface area contributed by atoms with Gasteiger partial charge in [-0.2, -0.15) is 0 Å². The van der Waals surface area contributed by atoms with Gasteiger partial charge in [0.15, 0.2) is 5.96 Å². The van der Waals surface area contributed by atoms with Crippen LogP contribution in [0.25, 0.3) is 10.9 Å². The van der Waals surface area contributed by atoms with Crippen molar-refractivity contribution >= 4 is 52.4 Å². The molecule has 1 aromatic carbocycles. The Morgan fingerprint density at radius 3 is 2.79 bits per heavy atom. The highest BCUT2D eigenvalue weighted by Crippen LogP contribution is 2.15. The fraction of sp³-hybridized carbons (Fsp3) is 0.250. The molecule has 0 saturated carbocycles. The van der Waals surface area contributed by atoms with Gasteiger partial charge in [-0.3, -0.25) is 14.8 Å². The summed E-state index contributed by atoms with van der Waals surface area (Å²) < 4.78 is 2.24. The molecule has 148 valence electrons. The number of amides is 1. The van der Waals surface area contributed by atoms with Crippen molar-refractivity contribution in [3.05, 3.63) is 61.1 Å². The summed E-state index contributed by atoms with van der Waals surface area (Å²) in [6.07, 6.45) is 6.33. The minimum Gasteiger partial charge on any atom is -0.356 e. The fourth-order valence-electron chi connectivity index (χ4n) is 2.82. The lowest BCUT2D eigenvalue weighted by molar-refractivity contribution is -0.115. The highest BCUT2D eigenvalue weighted by molar-refractivity contribution is 14.0. The van der Waals surface area contributed by atoms with E-state index in [1.54, 1.807) is 31.6 Å². The van der Waals surface area contributed by atoms with Gasteiger partial charge in [0.05, 0.1) is 18.4 Å². The Morgan fingerprint density at radius 1 is 1.14 bits per heavy atom. The molecule has 8 heteroatoms. The van der Waals surface area contributed by atoms with Crippen LogP contribution in [0.2, 0.25) is 0 Å². The van der Waals surface area contributed by atoms with E-state index in [1.807, 2.05) is 6.07 Å². The molecule has 0 aliphatic heterocycles. The summed E-state index contributed by atoms with van der Waals surface area (Å²) in [5.74, 6) is 0.457. The van der Waals surface area contributed by atoms with Gasteiger partial charge in [-0.25, -0.2) is 0 Å². The summed E-state index contributed by atoms with van der Waals surface area (Å²) >= 11 is 0. The van der Waals surface area contributed by atoms with Crippen LogP contribution in [0.3, 0.4) is 0 Å². The van der Waals surface area contributed by atoms with Crippen LogP contribution in [-0.2, 0) is 11.3 Å². The summed E-state index contributed by atoms with van der Waals surface area (Å²) in [7, 11) is 1.69. The number of halogens is 1. The summed E-state index contributed by atoms with van der Waals surface area (Å²) in [6, 6.07) is 14.1. The maximum Gasteiger partial charge on any atom is 0.243 e. The van der Waals surface area contributed by atoms with E-state index in [9.17, 15) is 4.79 Å². The summed E-state index contributed by atoms with van der Waals surface area (Å²) in [6.45, 7) is 1.81. The maximum atomic E-state index is 12.0. The van der Waals surface area contributed by atoms with Gasteiger partial charge in [0, 0.05) is 38.0 Å². The minimum atomic E-state index is -0.148. The van der Waals surface area contributed by atoms with Crippen molar-refractivity contribution in [2.24, 2.45) is 4.99 Å². The van der Waals surface area contributed by atoms with E-state index in [4.69, 9.17) is 0 Å². The van der Waals surface area contributed by atoms with Gasteiger partial charge < -0.3 is 20.5 Å². The smallest absolute Gasteiger partial charge is 0.243 e. The third-order valence-electron chi connectivity index (χ3n) is 4.13. The molecule has 0 atom stereocenters. The van der Waals surface area contributed by atoms with Gasteiger partial charge >= 0.3 is 0 Å². The molecule has 0 spiro atoms. The molecule has 0 aliphatic carbocycles. The average Bonchev–Trinajstić information content (AvgIpc) is 3.11. The maximum absolute atomic E-state index is 12.0. The predicted molar refractivity (Wildman–Crippen MR) is 124 cm³/mol. The Morgan fingerprint density at radius 2 is 2.00 bits per heavy atom. The van der Waals surface area contributed by atoms with Crippen molar-refractivity contribution in [3.8, 4) is 0 Å². The van der Waals surface area contributed by atoms with Gasteiger partial charge in [-0.05, 0) is 36.1 Å². The van der Waals surface area contributed by atoms with Crippen molar-refractivity contribution in [3.63, 3.8) is 0 Å². The van der Waals surface area contributed by atoms with E-state index in [-0.39, 0.29) is 36.4 Å². The van der Waals surface area contributed by atoms with Crippen LogP contribution in [0.15, 0.2) is 66.0 Å². The molecule has 3 rings (SSSR count). The lowest BCUT2D eigenvalue weighted by Gasteiger charge is -2.12. The molecule has 0 bridgehead atoms. The van der Waals surface area contributed by atoms with E-state index in [2.05, 4.69) is 61.0 Å². The number of nitrogens with one attached hydrogen (secondary N) is 3. The lowest BCUT2D eigenvalue weighted by Crippen LogP contribution is -2.41. The zero-order valence-electron chi connectivity index (χ0n) is 15.8. The first-order chi connectivity index (χ1) is 13.3. The SMILES string of the molecule is CN=C(NCCCn1ccc2ccccc21)NCC(=O)Nc1cccnc1.I. The van der Waals surface area contributed by atoms with Gasteiger partial charge in [-0.15, -0.1) is 24.0 Å². The molecule has 1 amide bonds. The number of rotatable bonds is 7. The first kappa shape index (κ1) is 21.7. The van der Waals surface area contributed by atoms with Gasteiger partial charge in [0.1, 0.15) is 0 Å². The third kappa shape index (κ3) is 6.22. The zero-order chi connectivity index (χ0) is 18.9. The number of carbonyl (C=O) groups excluding carboxylic acids is 1. The molecular formula is C20H25IN6O. The topological polar surface area (TPSA) is 83.3 Å². The average molecular weight is 492 g/mol. The lowest BCUT2D eigenvalue weighted by atomic mass is 10.2. The van der Waals surface area contributed by atoms with Crippen LogP contribution < -0.4 is 16.0 Å². The van der Waals surface area contributed by atoms with Crippen LogP contribution in [0.1, 0.15) is 6.42 Å². The van der Waals surface area contributed by atoms with Crippen LogP contribution in [0, 0.1) is 0 Å². The fourth-order valence-corrected chi connectivity index (χ4v) is 2.82. The number of aryl methyl sites for hydroxylation is 1. The Labute approximate surface area is 181 Å². The predicted octanol–water partition coefficient (Wildman–Crippen LogP) is 2.85. The Hall–Kier alpha value is -2.62. The Bertz CT molecular complexity index is 909. The monoisotopic (exact) mass is 492 g/mol. The van der Waals surface area contributed by atoms with E-state index in [0.29, 0.717) is 11.6 Å². The molecule has 28 heavy (non-hydrogen) atoms. The standard InChI is InChI=1S/C20H24N6O.HI/c1-21-20(24-15-19(27)25-17-7-4-10-22-14-17)23-11-5-12-26-13-9-16-6-2-3-8-18(16)26;/h2-4,6-10,13-14H,5,11-12,15H2,1H3,(H,25,27)(H2,21,23,24);1H. The number of guanidine groups is 1. The van der Waals surface area contributed by atoms with Crippen LogP contribution >= 0.6 is 24.0 Å². The Kier molecular flexibility index (Phi) is 8.73. The van der Waals surface area contributed by atoms with Gasteiger partial charge in [0.2, 0.25) is 5.91 Å². The third-order valence-corrected chi connectivity index (χ3v) is 4.13. The van der Waals surface area contributed by atoms with Crippen molar-refractivity contribution in [1.29, 1.82) is 0 Å². The number of para-hydroxylation sites is 1. The normalized spacial score (nSPS) is 11.0. The van der Waals surface area contributed by atoms with E-state index in [0.717, 1.165) is 19.5 Å². The van der Waals surface area contributed by atoms with E-state index >= 15 is 0 Å². The van der Waals surface area contributed by atoms with Crippen LogP contribution in [-0.4, -0.2) is 41.6 Å². The van der Waals surface area contributed by atoms with Crippen molar-refractivity contribution in [2.75, 3.05) is 25.5 Å². The number of carbonyl (C=O) groups is 1. The number of aliphatic imine (C=N–C) groups is 1. The molecule has 0 unspecified atom stereocenters. The molecule has 2 heterocycles. The van der Waals surface area contributed by atoms with Crippen molar-refractivity contribution < 1.29 is 4.79 Å². The first-order valence-corrected chi connectivity index (χ1v) is 8.94. The molecule has 7 nitrogen and oxygen atoms in total. The van der Waals surface area contributed by atoms with Gasteiger partial charge in [-0.1, -0.05) is 18.2 Å². The zero-order valence-corrected chi connectivity index (χ0v) is 18.1. The number of nitrogens with zero attached hydrogens (tertiary/aromatic N) is 3. The van der Waals surface area contributed by atoms with E-state index in [1.165, 1.54) is 10.9 Å². The number of fused-ring (bicyclic) bond motifs is 1. The Balaban J connectivity index is 0.00000280. The molecule has 0 radical (unpaired) electrons. The quantitative estimate of drug-likeness (QED) is 0.205. The van der Waals surface area contributed by atoms with Gasteiger partial charge in [0.25, 0.3) is 0 Å². The summed E-state index contributed by atoms with van der Waals surface area (Å²) in [5.41, 5.74) is 1.92. The largest absolute Gasteiger partial charge is 0.356 e.